The molecule has 0 spiro atoms. The molecule has 0 radical (unpaired) electrons. The molecule has 0 aliphatic carbocycles. The van der Waals surface area contributed by atoms with Gasteiger partial charge in [-0.15, -0.1) is 11.8 Å². The molecule has 3 aromatic rings. The van der Waals surface area contributed by atoms with Gasteiger partial charge in [0.15, 0.2) is 5.78 Å². The summed E-state index contributed by atoms with van der Waals surface area (Å²) in [6.45, 7) is 3.29. The van der Waals surface area contributed by atoms with E-state index in [-0.39, 0.29) is 11.5 Å². The molecule has 0 aliphatic rings. The van der Waals surface area contributed by atoms with Crippen LogP contribution in [0.15, 0.2) is 52.3 Å². The van der Waals surface area contributed by atoms with Gasteiger partial charge in [-0.3, -0.25) is 9.36 Å². The molecule has 116 valence electrons. The third-order valence-electron chi connectivity index (χ3n) is 3.84. The number of hydrogen-bond acceptors (Lipinski definition) is 4. The fourth-order valence-corrected chi connectivity index (χ4v) is 3.44. The number of carbonyl (C=O) groups is 1. The molecule has 23 heavy (non-hydrogen) atoms. The molecular formula is C18H16N2O2S. The van der Waals surface area contributed by atoms with E-state index in [1.54, 1.807) is 6.92 Å². The van der Waals surface area contributed by atoms with Crippen molar-refractivity contribution in [2.24, 2.45) is 0 Å². The molecule has 0 amide bonds. The van der Waals surface area contributed by atoms with Gasteiger partial charge in [0.1, 0.15) is 5.03 Å². The highest BCUT2D eigenvalue weighted by molar-refractivity contribution is 7.98. The summed E-state index contributed by atoms with van der Waals surface area (Å²) in [5.74, 6) is -0.0890. The van der Waals surface area contributed by atoms with Crippen molar-refractivity contribution >= 4 is 28.3 Å². The van der Waals surface area contributed by atoms with Crippen molar-refractivity contribution in [3.63, 3.8) is 0 Å². The van der Waals surface area contributed by atoms with Crippen molar-refractivity contribution in [1.29, 1.82) is 0 Å². The molecule has 0 saturated carbocycles. The molecule has 1 aromatic heterocycles. The monoisotopic (exact) mass is 324 g/mol. The molecule has 4 nitrogen and oxygen atoms in total. The van der Waals surface area contributed by atoms with Gasteiger partial charge in [-0.1, -0.05) is 30.3 Å². The van der Waals surface area contributed by atoms with Crippen LogP contribution >= 0.6 is 11.8 Å². The van der Waals surface area contributed by atoms with Crippen molar-refractivity contribution in [2.75, 3.05) is 6.26 Å². The number of carbonyl (C=O) groups excluding carboxylic acids is 1. The van der Waals surface area contributed by atoms with Crippen LogP contribution in [0.2, 0.25) is 0 Å². The highest BCUT2D eigenvalue weighted by atomic mass is 32.2. The molecule has 5 heteroatoms. The van der Waals surface area contributed by atoms with Gasteiger partial charge in [0.25, 0.3) is 0 Å². The second-order valence-electron chi connectivity index (χ2n) is 5.29. The van der Waals surface area contributed by atoms with Crippen molar-refractivity contribution in [3.8, 4) is 5.69 Å². The van der Waals surface area contributed by atoms with Gasteiger partial charge in [0.2, 0.25) is 0 Å². The molecule has 0 N–H and O–H groups in total. The molecule has 0 atom stereocenters. The van der Waals surface area contributed by atoms with Crippen molar-refractivity contribution < 1.29 is 4.79 Å². The Hall–Kier alpha value is -2.40. The maximum atomic E-state index is 12.5. The Kier molecular flexibility index (Phi) is 4.05. The molecule has 0 bridgehead atoms. The number of nitrogens with zero attached hydrogens (tertiary/aromatic N) is 2. The lowest BCUT2D eigenvalue weighted by molar-refractivity contribution is 0.101. The van der Waals surface area contributed by atoms with E-state index in [1.165, 1.54) is 23.3 Å². The summed E-state index contributed by atoms with van der Waals surface area (Å²) >= 11 is 1.31. The minimum Gasteiger partial charge on any atom is -0.294 e. The summed E-state index contributed by atoms with van der Waals surface area (Å²) in [5.41, 5.74) is 1.48. The molecule has 0 fully saturated rings. The van der Waals surface area contributed by atoms with Gasteiger partial charge in [-0.05, 0) is 43.0 Å². The predicted molar refractivity (Wildman–Crippen MR) is 93.9 cm³/mol. The summed E-state index contributed by atoms with van der Waals surface area (Å²) < 4.78 is 1.50. The smallest absolute Gasteiger partial charge is 0.294 e. The highest BCUT2D eigenvalue weighted by Gasteiger charge is 2.18. The normalized spacial score (nSPS) is 10.9. The largest absolute Gasteiger partial charge is 0.353 e. The van der Waals surface area contributed by atoms with Crippen LogP contribution < -0.4 is 5.69 Å². The van der Waals surface area contributed by atoms with Gasteiger partial charge in [-0.25, -0.2) is 4.79 Å². The standard InChI is InChI=1S/C18H16N2O2S/c1-11-16(12(2)21)17(23-3)19-18(22)20(11)15-9-8-13-6-4-5-7-14(13)10-15/h4-10H,1-3H3. The van der Waals surface area contributed by atoms with Crippen molar-refractivity contribution in [1.82, 2.24) is 9.55 Å². The van der Waals surface area contributed by atoms with Gasteiger partial charge in [0.05, 0.1) is 11.3 Å². The molecular weight excluding hydrogens is 308 g/mol. The summed E-state index contributed by atoms with van der Waals surface area (Å²) in [4.78, 5) is 28.5. The number of Topliss-reactive ketones (excluding diaryl/α,β-unsaturated/α-hetero) is 1. The lowest BCUT2D eigenvalue weighted by atomic mass is 10.1. The predicted octanol–water partition coefficient (Wildman–Crippen LogP) is 3.62. The van der Waals surface area contributed by atoms with E-state index in [0.29, 0.717) is 22.0 Å². The van der Waals surface area contributed by atoms with Crippen LogP contribution in [0.25, 0.3) is 16.5 Å². The number of ketones is 1. The Morgan fingerprint density at radius 1 is 1.13 bits per heavy atom. The van der Waals surface area contributed by atoms with Crippen molar-refractivity contribution in [3.05, 3.63) is 64.2 Å². The lowest BCUT2D eigenvalue weighted by Gasteiger charge is -2.15. The zero-order chi connectivity index (χ0) is 16.6. The summed E-state index contributed by atoms with van der Waals surface area (Å²) in [6, 6.07) is 13.7. The zero-order valence-electron chi connectivity index (χ0n) is 13.2. The van der Waals surface area contributed by atoms with E-state index < -0.39 is 0 Å². The molecule has 0 aliphatic heterocycles. The van der Waals surface area contributed by atoms with Crippen LogP contribution in [0.4, 0.5) is 0 Å². The summed E-state index contributed by atoms with van der Waals surface area (Å²) in [5, 5.41) is 2.62. The molecule has 0 saturated heterocycles. The number of benzene rings is 2. The Balaban J connectivity index is 2.32. The zero-order valence-corrected chi connectivity index (χ0v) is 14.0. The van der Waals surface area contributed by atoms with Crippen LogP contribution in [0, 0.1) is 6.92 Å². The minimum absolute atomic E-state index is 0.0890. The van der Waals surface area contributed by atoms with E-state index in [4.69, 9.17) is 0 Å². The lowest BCUT2D eigenvalue weighted by Crippen LogP contribution is -2.27. The first-order valence-corrected chi connectivity index (χ1v) is 8.43. The number of aromatic nitrogens is 2. The van der Waals surface area contributed by atoms with E-state index >= 15 is 0 Å². The second kappa shape index (κ2) is 6.01. The van der Waals surface area contributed by atoms with Crippen LogP contribution in [-0.2, 0) is 0 Å². The van der Waals surface area contributed by atoms with Crippen LogP contribution in [-0.4, -0.2) is 21.6 Å². The van der Waals surface area contributed by atoms with Crippen LogP contribution in [0.5, 0.6) is 0 Å². The highest BCUT2D eigenvalue weighted by Crippen LogP contribution is 2.23. The third-order valence-corrected chi connectivity index (χ3v) is 4.52. The molecule has 2 aromatic carbocycles. The Morgan fingerprint density at radius 3 is 2.48 bits per heavy atom. The number of rotatable bonds is 3. The number of hydrogen-bond donors (Lipinski definition) is 0. The molecule has 3 rings (SSSR count). The van der Waals surface area contributed by atoms with Crippen LogP contribution in [0.3, 0.4) is 0 Å². The first-order valence-electron chi connectivity index (χ1n) is 7.20. The first-order chi connectivity index (χ1) is 11.0. The SMILES string of the molecule is CSc1nc(=O)n(-c2ccc3ccccc3c2)c(C)c1C(C)=O. The summed E-state index contributed by atoms with van der Waals surface area (Å²) in [7, 11) is 0. The quantitative estimate of drug-likeness (QED) is 0.419. The van der Waals surface area contributed by atoms with E-state index in [0.717, 1.165) is 10.8 Å². The average molecular weight is 324 g/mol. The summed E-state index contributed by atoms with van der Waals surface area (Å²) in [6.07, 6.45) is 1.81. The molecule has 1 heterocycles. The fraction of sp³-hybridized carbons (Fsp3) is 0.167. The topological polar surface area (TPSA) is 52.0 Å². The van der Waals surface area contributed by atoms with E-state index in [1.807, 2.05) is 48.7 Å². The maximum Gasteiger partial charge on any atom is 0.353 e. The fourth-order valence-electron chi connectivity index (χ4n) is 2.78. The number of fused-ring (bicyclic) bond motifs is 1. The Labute approximate surface area is 138 Å². The number of thioether (sulfide) groups is 1. The van der Waals surface area contributed by atoms with Crippen molar-refractivity contribution in [2.45, 2.75) is 18.9 Å². The second-order valence-corrected chi connectivity index (χ2v) is 6.08. The Morgan fingerprint density at radius 2 is 1.83 bits per heavy atom. The third kappa shape index (κ3) is 2.68. The first kappa shape index (κ1) is 15.5. The minimum atomic E-state index is -0.368. The average Bonchev–Trinajstić information content (AvgIpc) is 2.53. The van der Waals surface area contributed by atoms with Crippen LogP contribution in [0.1, 0.15) is 23.0 Å². The molecule has 0 unspecified atom stereocenters. The van der Waals surface area contributed by atoms with Gasteiger partial charge in [-0.2, -0.15) is 4.98 Å². The van der Waals surface area contributed by atoms with E-state index in [9.17, 15) is 9.59 Å². The van der Waals surface area contributed by atoms with Gasteiger partial charge < -0.3 is 0 Å². The van der Waals surface area contributed by atoms with E-state index in [2.05, 4.69) is 4.98 Å². The van der Waals surface area contributed by atoms with Gasteiger partial charge >= 0.3 is 5.69 Å². The Bertz CT molecular complexity index is 976. The maximum absolute atomic E-state index is 12.5. The van der Waals surface area contributed by atoms with Gasteiger partial charge in [0, 0.05) is 5.69 Å².